The normalized spacial score (nSPS) is 10.9. The summed E-state index contributed by atoms with van der Waals surface area (Å²) in [5.74, 6) is 2.51. The molecule has 0 heterocycles. The van der Waals surface area contributed by atoms with E-state index in [4.69, 9.17) is 0 Å². The van der Waals surface area contributed by atoms with Crippen molar-refractivity contribution in [2.24, 2.45) is 0 Å². The van der Waals surface area contributed by atoms with Crippen molar-refractivity contribution in [2.75, 3.05) is 36.5 Å². The molecule has 0 atom stereocenters. The fourth-order valence-corrected chi connectivity index (χ4v) is 2.28. The molecule has 0 aromatic heterocycles. The van der Waals surface area contributed by atoms with Crippen molar-refractivity contribution >= 4 is 27.7 Å². The minimum absolute atomic E-state index is 1.12. The molecule has 0 fully saturated rings. The molecule has 0 aliphatic carbocycles. The molecule has 1 nitrogen and oxygen atoms in total. The van der Waals surface area contributed by atoms with Crippen LogP contribution in [-0.2, 0) is 0 Å². The largest absolute Gasteiger partial charge is 0.303 e. The molecular formula is C8H18BrNS. The van der Waals surface area contributed by atoms with Crippen molar-refractivity contribution < 1.29 is 0 Å². The third kappa shape index (κ3) is 7.16. The zero-order chi connectivity index (χ0) is 8.53. The number of alkyl halides is 1. The average molecular weight is 240 g/mol. The highest BCUT2D eigenvalue weighted by Gasteiger charge is 1.96. The minimum atomic E-state index is 1.12. The monoisotopic (exact) mass is 239 g/mol. The van der Waals surface area contributed by atoms with Crippen LogP contribution in [0.4, 0.5) is 0 Å². The van der Waals surface area contributed by atoms with Crippen molar-refractivity contribution in [1.82, 2.24) is 4.90 Å². The number of hydrogen-bond acceptors (Lipinski definition) is 2. The van der Waals surface area contributed by atoms with Crippen molar-refractivity contribution in [1.29, 1.82) is 0 Å². The number of nitrogens with zero attached hydrogens (tertiary/aromatic N) is 1. The maximum absolute atomic E-state index is 3.42. The molecule has 0 rings (SSSR count). The van der Waals surface area contributed by atoms with Gasteiger partial charge in [-0.15, -0.1) is 0 Å². The van der Waals surface area contributed by atoms with Gasteiger partial charge in [-0.3, -0.25) is 0 Å². The van der Waals surface area contributed by atoms with Crippen molar-refractivity contribution in [3.63, 3.8) is 0 Å². The van der Waals surface area contributed by atoms with Crippen LogP contribution in [0, 0.1) is 0 Å². The molecule has 0 aliphatic rings. The van der Waals surface area contributed by atoms with Crippen LogP contribution in [0.3, 0.4) is 0 Å². The molecule has 0 bridgehead atoms. The minimum Gasteiger partial charge on any atom is -0.303 e. The first-order chi connectivity index (χ1) is 5.35. The van der Waals surface area contributed by atoms with Gasteiger partial charge in [-0.25, -0.2) is 0 Å². The van der Waals surface area contributed by atoms with Crippen LogP contribution >= 0.6 is 27.7 Å². The lowest BCUT2D eigenvalue weighted by molar-refractivity contribution is 0.324. The second-order valence-corrected chi connectivity index (χ2v) is 4.35. The molecule has 0 saturated carbocycles. The van der Waals surface area contributed by atoms with Gasteiger partial charge in [0.2, 0.25) is 0 Å². The lowest BCUT2D eigenvalue weighted by Crippen LogP contribution is -2.25. The highest BCUT2D eigenvalue weighted by molar-refractivity contribution is 9.09. The third-order valence-electron chi connectivity index (χ3n) is 1.67. The summed E-state index contributed by atoms with van der Waals surface area (Å²) in [4.78, 5) is 2.46. The summed E-state index contributed by atoms with van der Waals surface area (Å²) in [5.41, 5.74) is 0. The summed E-state index contributed by atoms with van der Waals surface area (Å²) < 4.78 is 0. The Labute approximate surface area is 83.0 Å². The maximum Gasteiger partial charge on any atom is 0.0122 e. The van der Waals surface area contributed by atoms with Gasteiger partial charge in [-0.1, -0.05) is 29.8 Å². The first-order valence-electron chi connectivity index (χ1n) is 4.21. The van der Waals surface area contributed by atoms with Gasteiger partial charge in [0.1, 0.15) is 0 Å². The zero-order valence-corrected chi connectivity index (χ0v) is 9.88. The highest BCUT2D eigenvalue weighted by Crippen LogP contribution is 2.02. The molecule has 0 saturated heterocycles. The Hall–Kier alpha value is 0.790. The van der Waals surface area contributed by atoms with Gasteiger partial charge < -0.3 is 4.90 Å². The Morgan fingerprint density at radius 2 is 1.82 bits per heavy atom. The summed E-state index contributed by atoms with van der Waals surface area (Å²) in [5, 5.41) is 1.12. The lowest BCUT2D eigenvalue weighted by Gasteiger charge is -2.16. The molecule has 0 N–H and O–H groups in total. The van der Waals surface area contributed by atoms with E-state index < -0.39 is 0 Å². The summed E-state index contributed by atoms with van der Waals surface area (Å²) in [6.45, 7) is 8.05. The van der Waals surface area contributed by atoms with E-state index >= 15 is 0 Å². The Kier molecular flexibility index (Phi) is 9.52. The number of hydrogen-bond donors (Lipinski definition) is 0. The fraction of sp³-hybridized carbons (Fsp3) is 1.00. The Balaban J connectivity index is 3.07. The van der Waals surface area contributed by atoms with Crippen LogP contribution in [-0.4, -0.2) is 41.4 Å². The average Bonchev–Trinajstić information content (AvgIpc) is 2.05. The van der Waals surface area contributed by atoms with Crippen LogP contribution < -0.4 is 0 Å². The highest BCUT2D eigenvalue weighted by atomic mass is 79.9. The summed E-state index contributed by atoms with van der Waals surface area (Å²) in [7, 11) is 0. The smallest absolute Gasteiger partial charge is 0.0122 e. The van der Waals surface area contributed by atoms with Crippen molar-refractivity contribution in [3.8, 4) is 0 Å². The van der Waals surface area contributed by atoms with Crippen molar-refractivity contribution in [3.05, 3.63) is 0 Å². The van der Waals surface area contributed by atoms with Crippen LogP contribution in [0.15, 0.2) is 0 Å². The molecule has 0 unspecified atom stereocenters. The van der Waals surface area contributed by atoms with Gasteiger partial charge in [-0.05, 0) is 13.1 Å². The van der Waals surface area contributed by atoms with Gasteiger partial charge >= 0.3 is 0 Å². The molecule has 0 radical (unpaired) electrons. The van der Waals surface area contributed by atoms with E-state index in [1.807, 2.05) is 11.8 Å². The van der Waals surface area contributed by atoms with Gasteiger partial charge in [0.05, 0.1) is 0 Å². The molecule has 0 aromatic carbocycles. The van der Waals surface area contributed by atoms with E-state index in [0.717, 1.165) is 5.33 Å². The molecule has 0 amide bonds. The maximum atomic E-state index is 3.42. The fourth-order valence-electron chi connectivity index (χ4n) is 0.890. The van der Waals surface area contributed by atoms with E-state index in [1.54, 1.807) is 0 Å². The Morgan fingerprint density at radius 3 is 2.27 bits per heavy atom. The van der Waals surface area contributed by atoms with Gasteiger partial charge in [0.25, 0.3) is 0 Å². The zero-order valence-electron chi connectivity index (χ0n) is 7.48. The third-order valence-corrected chi connectivity index (χ3v) is 3.55. The SMILES string of the molecule is CCN(CC)CCSCCBr. The second kappa shape index (κ2) is 8.88. The molecular weight excluding hydrogens is 222 g/mol. The van der Waals surface area contributed by atoms with E-state index in [0.29, 0.717) is 0 Å². The van der Waals surface area contributed by atoms with Crippen LogP contribution in [0.5, 0.6) is 0 Å². The number of thioether (sulfide) groups is 1. The predicted molar refractivity (Wildman–Crippen MR) is 58.9 cm³/mol. The Bertz CT molecular complexity index is 76.5. The predicted octanol–water partition coefficient (Wildman–Crippen LogP) is 2.46. The topological polar surface area (TPSA) is 3.24 Å². The van der Waals surface area contributed by atoms with Crippen molar-refractivity contribution in [2.45, 2.75) is 13.8 Å². The second-order valence-electron chi connectivity index (χ2n) is 2.33. The lowest BCUT2D eigenvalue weighted by atomic mass is 10.5. The number of rotatable bonds is 7. The molecule has 3 heteroatoms. The van der Waals surface area contributed by atoms with Crippen LogP contribution in [0.1, 0.15) is 13.8 Å². The first-order valence-corrected chi connectivity index (χ1v) is 6.48. The summed E-state index contributed by atoms with van der Waals surface area (Å²) in [6.07, 6.45) is 0. The van der Waals surface area contributed by atoms with Crippen LogP contribution in [0.25, 0.3) is 0 Å². The first kappa shape index (κ1) is 11.8. The molecule has 11 heavy (non-hydrogen) atoms. The molecule has 0 aliphatic heterocycles. The van der Waals surface area contributed by atoms with E-state index in [1.165, 1.54) is 31.1 Å². The van der Waals surface area contributed by atoms with Gasteiger partial charge in [0, 0.05) is 23.4 Å². The van der Waals surface area contributed by atoms with E-state index in [-0.39, 0.29) is 0 Å². The molecule has 0 aromatic rings. The Morgan fingerprint density at radius 1 is 1.18 bits per heavy atom. The molecule has 0 spiro atoms. The standard InChI is InChI=1S/C8H18BrNS/c1-3-10(4-2)6-8-11-7-5-9/h3-8H2,1-2H3. The van der Waals surface area contributed by atoms with Crippen LogP contribution in [0.2, 0.25) is 0 Å². The van der Waals surface area contributed by atoms with Gasteiger partial charge in [0.15, 0.2) is 0 Å². The molecule has 68 valence electrons. The summed E-state index contributed by atoms with van der Waals surface area (Å²) >= 11 is 5.44. The number of halogens is 1. The summed E-state index contributed by atoms with van der Waals surface area (Å²) in [6, 6.07) is 0. The van der Waals surface area contributed by atoms with E-state index in [2.05, 4.69) is 34.7 Å². The van der Waals surface area contributed by atoms with E-state index in [9.17, 15) is 0 Å². The van der Waals surface area contributed by atoms with Gasteiger partial charge in [-0.2, -0.15) is 11.8 Å². The quantitative estimate of drug-likeness (QED) is 0.496.